The van der Waals surface area contributed by atoms with Crippen LogP contribution in [0.15, 0.2) is 42.5 Å². The molecule has 2 aromatic rings. The van der Waals surface area contributed by atoms with Crippen molar-refractivity contribution >= 4 is 23.4 Å². The van der Waals surface area contributed by atoms with Crippen LogP contribution in [0.1, 0.15) is 28.8 Å². The zero-order valence-corrected chi connectivity index (χ0v) is 17.4. The van der Waals surface area contributed by atoms with E-state index in [1.807, 2.05) is 29.2 Å². The third kappa shape index (κ3) is 5.01. The molecule has 1 aliphatic heterocycles. The quantitative estimate of drug-likeness (QED) is 0.751. The number of carbonyl (C=O) groups excluding carboxylic acids is 2. The third-order valence-corrected chi connectivity index (χ3v) is 5.53. The van der Waals surface area contributed by atoms with Crippen molar-refractivity contribution in [3.8, 4) is 11.5 Å². The van der Waals surface area contributed by atoms with Crippen LogP contribution >= 0.6 is 11.6 Å². The zero-order valence-electron chi connectivity index (χ0n) is 16.6. The Morgan fingerprint density at radius 3 is 2.62 bits per heavy atom. The van der Waals surface area contributed by atoms with Crippen molar-refractivity contribution in [2.45, 2.75) is 25.3 Å². The monoisotopic (exact) mass is 416 g/mol. The lowest BCUT2D eigenvalue weighted by Crippen LogP contribution is -2.43. The van der Waals surface area contributed by atoms with Gasteiger partial charge in [-0.05, 0) is 49.1 Å². The number of methoxy groups -OCH3 is 2. The molecule has 1 heterocycles. The predicted molar refractivity (Wildman–Crippen MR) is 112 cm³/mol. The number of carbonyl (C=O) groups is 2. The lowest BCUT2D eigenvalue weighted by Gasteiger charge is -2.25. The summed E-state index contributed by atoms with van der Waals surface area (Å²) in [7, 11) is 3.04. The van der Waals surface area contributed by atoms with Gasteiger partial charge in [0.05, 0.1) is 20.8 Å². The number of nitrogens with one attached hydrogen (secondary N) is 1. The molecule has 0 aliphatic carbocycles. The SMILES string of the molecule is COc1ccc(C(=O)NCC(=O)N2CCCC2Cc2ccccc2Cl)cc1OC. The van der Waals surface area contributed by atoms with Crippen LogP contribution in [-0.4, -0.2) is 50.1 Å². The lowest BCUT2D eigenvalue weighted by atomic mass is 10.0. The first-order valence-electron chi connectivity index (χ1n) is 9.56. The Morgan fingerprint density at radius 1 is 1.14 bits per heavy atom. The molecule has 154 valence electrons. The van der Waals surface area contributed by atoms with Gasteiger partial charge >= 0.3 is 0 Å². The average molecular weight is 417 g/mol. The number of benzene rings is 2. The van der Waals surface area contributed by atoms with E-state index in [0.717, 1.165) is 24.8 Å². The van der Waals surface area contributed by atoms with Gasteiger partial charge in [0.25, 0.3) is 5.91 Å². The number of amides is 2. The molecule has 0 aromatic heterocycles. The maximum absolute atomic E-state index is 12.7. The van der Waals surface area contributed by atoms with E-state index < -0.39 is 0 Å². The van der Waals surface area contributed by atoms with Crippen LogP contribution < -0.4 is 14.8 Å². The van der Waals surface area contributed by atoms with Crippen molar-refractivity contribution in [2.24, 2.45) is 0 Å². The van der Waals surface area contributed by atoms with Crippen molar-refractivity contribution in [1.29, 1.82) is 0 Å². The molecule has 2 amide bonds. The smallest absolute Gasteiger partial charge is 0.251 e. The number of halogens is 1. The Bertz CT molecular complexity index is 887. The minimum absolute atomic E-state index is 0.0494. The Kier molecular flexibility index (Phi) is 6.99. The summed E-state index contributed by atoms with van der Waals surface area (Å²) in [6.45, 7) is 0.645. The van der Waals surface area contributed by atoms with E-state index in [-0.39, 0.29) is 24.4 Å². The van der Waals surface area contributed by atoms with Crippen LogP contribution in [-0.2, 0) is 11.2 Å². The molecule has 1 N–H and O–H groups in total. The van der Waals surface area contributed by atoms with Gasteiger partial charge in [0.15, 0.2) is 11.5 Å². The van der Waals surface area contributed by atoms with Gasteiger partial charge in [-0.2, -0.15) is 0 Å². The number of hydrogen-bond donors (Lipinski definition) is 1. The van der Waals surface area contributed by atoms with E-state index in [0.29, 0.717) is 28.6 Å². The molecule has 1 unspecified atom stereocenters. The summed E-state index contributed by atoms with van der Waals surface area (Å²) in [5.74, 6) is 0.583. The number of hydrogen-bond acceptors (Lipinski definition) is 4. The molecule has 0 radical (unpaired) electrons. The molecule has 1 atom stereocenters. The minimum atomic E-state index is -0.332. The largest absolute Gasteiger partial charge is 0.493 e. The summed E-state index contributed by atoms with van der Waals surface area (Å²) >= 11 is 6.27. The fourth-order valence-electron chi connectivity index (χ4n) is 3.63. The number of likely N-dealkylation sites (tertiary alicyclic amines) is 1. The highest BCUT2D eigenvalue weighted by Gasteiger charge is 2.29. The maximum Gasteiger partial charge on any atom is 0.251 e. The van der Waals surface area contributed by atoms with Crippen molar-refractivity contribution in [2.75, 3.05) is 27.3 Å². The van der Waals surface area contributed by atoms with Gasteiger partial charge in [0.1, 0.15) is 0 Å². The zero-order chi connectivity index (χ0) is 20.8. The van der Waals surface area contributed by atoms with Crippen LogP contribution in [0.5, 0.6) is 11.5 Å². The van der Waals surface area contributed by atoms with Crippen LogP contribution in [0.2, 0.25) is 5.02 Å². The Balaban J connectivity index is 1.59. The predicted octanol–water partition coefficient (Wildman–Crippen LogP) is 3.32. The van der Waals surface area contributed by atoms with E-state index in [2.05, 4.69) is 5.32 Å². The maximum atomic E-state index is 12.7. The van der Waals surface area contributed by atoms with E-state index in [4.69, 9.17) is 21.1 Å². The molecule has 0 saturated carbocycles. The number of ether oxygens (including phenoxy) is 2. The molecule has 1 saturated heterocycles. The van der Waals surface area contributed by atoms with Crippen molar-refractivity contribution < 1.29 is 19.1 Å². The first-order valence-corrected chi connectivity index (χ1v) is 9.94. The first kappa shape index (κ1) is 21.0. The second-order valence-electron chi connectivity index (χ2n) is 6.93. The van der Waals surface area contributed by atoms with Crippen LogP contribution in [0.25, 0.3) is 0 Å². The summed E-state index contributed by atoms with van der Waals surface area (Å²) in [6, 6.07) is 12.7. The molecule has 3 rings (SSSR count). The van der Waals surface area contributed by atoms with Crippen LogP contribution in [0.3, 0.4) is 0 Å². The summed E-state index contributed by atoms with van der Waals surface area (Å²) in [6.07, 6.45) is 2.60. The van der Waals surface area contributed by atoms with Gasteiger partial charge in [0.2, 0.25) is 5.91 Å². The summed E-state index contributed by atoms with van der Waals surface area (Å²) in [5.41, 5.74) is 1.44. The highest BCUT2D eigenvalue weighted by atomic mass is 35.5. The molecular weight excluding hydrogens is 392 g/mol. The Hall–Kier alpha value is -2.73. The van der Waals surface area contributed by atoms with Gasteiger partial charge < -0.3 is 19.7 Å². The molecular formula is C22H25ClN2O4. The van der Waals surface area contributed by atoms with Crippen LogP contribution in [0, 0.1) is 0 Å². The number of nitrogens with zero attached hydrogens (tertiary/aromatic N) is 1. The molecule has 29 heavy (non-hydrogen) atoms. The highest BCUT2D eigenvalue weighted by molar-refractivity contribution is 6.31. The molecule has 6 nitrogen and oxygen atoms in total. The summed E-state index contributed by atoms with van der Waals surface area (Å²) in [4.78, 5) is 27.0. The second-order valence-corrected chi connectivity index (χ2v) is 7.34. The molecule has 1 fully saturated rings. The standard InChI is InChI=1S/C22H25ClN2O4/c1-28-19-10-9-16(13-20(19)29-2)22(27)24-14-21(26)25-11-5-7-17(25)12-15-6-3-4-8-18(15)23/h3-4,6,8-10,13,17H,5,7,11-12,14H2,1-2H3,(H,24,27). The summed E-state index contributed by atoms with van der Waals surface area (Å²) < 4.78 is 10.4. The summed E-state index contributed by atoms with van der Waals surface area (Å²) in [5, 5.41) is 3.42. The normalized spacial score (nSPS) is 15.8. The Morgan fingerprint density at radius 2 is 1.90 bits per heavy atom. The second kappa shape index (κ2) is 9.65. The van der Waals surface area contributed by atoms with Gasteiger partial charge in [-0.3, -0.25) is 9.59 Å². The topological polar surface area (TPSA) is 67.9 Å². The van der Waals surface area contributed by atoms with Crippen LogP contribution in [0.4, 0.5) is 0 Å². The Labute approximate surface area is 175 Å². The molecule has 7 heteroatoms. The van der Waals surface area contributed by atoms with Crippen molar-refractivity contribution in [1.82, 2.24) is 10.2 Å². The van der Waals surface area contributed by atoms with Gasteiger partial charge in [0, 0.05) is 23.2 Å². The molecule has 2 aromatic carbocycles. The van der Waals surface area contributed by atoms with Crippen molar-refractivity contribution in [3.05, 3.63) is 58.6 Å². The first-order chi connectivity index (χ1) is 14.0. The lowest BCUT2D eigenvalue weighted by molar-refractivity contribution is -0.130. The van der Waals surface area contributed by atoms with E-state index >= 15 is 0 Å². The third-order valence-electron chi connectivity index (χ3n) is 5.16. The molecule has 0 spiro atoms. The van der Waals surface area contributed by atoms with Gasteiger partial charge in [-0.15, -0.1) is 0 Å². The van der Waals surface area contributed by atoms with Crippen molar-refractivity contribution in [3.63, 3.8) is 0 Å². The fourth-order valence-corrected chi connectivity index (χ4v) is 3.84. The molecule has 1 aliphatic rings. The molecule has 0 bridgehead atoms. The highest BCUT2D eigenvalue weighted by Crippen LogP contribution is 2.28. The van der Waals surface area contributed by atoms with Gasteiger partial charge in [-0.1, -0.05) is 29.8 Å². The number of rotatable bonds is 7. The average Bonchev–Trinajstić information content (AvgIpc) is 3.21. The minimum Gasteiger partial charge on any atom is -0.493 e. The van der Waals surface area contributed by atoms with Gasteiger partial charge in [-0.25, -0.2) is 0 Å². The fraction of sp³-hybridized carbons (Fsp3) is 0.364. The van der Waals surface area contributed by atoms with E-state index in [1.165, 1.54) is 14.2 Å². The van der Waals surface area contributed by atoms with E-state index in [9.17, 15) is 9.59 Å². The van der Waals surface area contributed by atoms with E-state index in [1.54, 1.807) is 18.2 Å².